The predicted octanol–water partition coefficient (Wildman–Crippen LogP) is 2.92. The number of aliphatic hydroxyl groups is 1. The van der Waals surface area contributed by atoms with E-state index < -0.39 is 23.6 Å². The molecule has 1 saturated heterocycles. The molecule has 3 rings (SSSR count). The van der Waals surface area contributed by atoms with Crippen LogP contribution in [0.2, 0.25) is 0 Å². The molecule has 0 unspecified atom stereocenters. The molecule has 0 amide bonds. The average Bonchev–Trinajstić information content (AvgIpc) is 2.70. The maximum absolute atomic E-state index is 12.4. The standard InChI is InChI=1S/C20H28O5/c1-11(2)9-14(21)25-16-15-12(3)18(22)24-13(15)10-19(4)7-6-8-20(5,23)17(16)19/h9,13,15-17,23H,3,6-8,10H2,1-2,4-5H3/t13-,15-,16+,17+,19+,20+/m1/s1. The van der Waals surface area contributed by atoms with Gasteiger partial charge in [-0.25, -0.2) is 9.59 Å². The van der Waals surface area contributed by atoms with Crippen molar-refractivity contribution in [1.29, 1.82) is 0 Å². The zero-order valence-electron chi connectivity index (χ0n) is 15.5. The van der Waals surface area contributed by atoms with E-state index in [1.54, 1.807) is 0 Å². The molecule has 5 nitrogen and oxygen atoms in total. The summed E-state index contributed by atoms with van der Waals surface area (Å²) in [6.07, 6.45) is 3.64. The Kier molecular flexibility index (Phi) is 4.34. The lowest BCUT2D eigenvalue weighted by Gasteiger charge is -2.57. The monoisotopic (exact) mass is 348 g/mol. The van der Waals surface area contributed by atoms with Crippen LogP contribution in [0.5, 0.6) is 0 Å². The minimum absolute atomic E-state index is 0.246. The first-order valence-corrected chi connectivity index (χ1v) is 9.03. The third-order valence-electron chi connectivity index (χ3n) is 6.18. The highest BCUT2D eigenvalue weighted by molar-refractivity contribution is 5.91. The van der Waals surface area contributed by atoms with Crippen LogP contribution < -0.4 is 0 Å². The Morgan fingerprint density at radius 2 is 2.04 bits per heavy atom. The van der Waals surface area contributed by atoms with E-state index in [1.165, 1.54) is 6.08 Å². The van der Waals surface area contributed by atoms with Gasteiger partial charge in [-0.05, 0) is 45.4 Å². The molecule has 1 aliphatic heterocycles. The summed E-state index contributed by atoms with van der Waals surface area (Å²) in [7, 11) is 0. The van der Waals surface area contributed by atoms with Crippen molar-refractivity contribution in [3.63, 3.8) is 0 Å². The van der Waals surface area contributed by atoms with Crippen LogP contribution in [0.3, 0.4) is 0 Å². The van der Waals surface area contributed by atoms with Gasteiger partial charge in [0.05, 0.1) is 11.5 Å². The second-order valence-electron chi connectivity index (χ2n) is 8.66. The Labute approximate surface area is 149 Å². The van der Waals surface area contributed by atoms with Gasteiger partial charge in [0.25, 0.3) is 0 Å². The first-order valence-electron chi connectivity index (χ1n) is 9.03. The van der Waals surface area contributed by atoms with E-state index in [4.69, 9.17) is 9.47 Å². The van der Waals surface area contributed by atoms with Crippen LogP contribution in [-0.2, 0) is 19.1 Å². The summed E-state index contributed by atoms with van der Waals surface area (Å²) >= 11 is 0. The third kappa shape index (κ3) is 3.03. The SMILES string of the molecule is C=C1C(=O)O[C@@H]2C[C@]3(C)CCC[C@](C)(O)[C@H]3[C@@H](OC(=O)C=C(C)C)[C@H]12. The topological polar surface area (TPSA) is 72.8 Å². The number of hydrogen-bond acceptors (Lipinski definition) is 5. The maximum Gasteiger partial charge on any atom is 0.334 e. The molecular weight excluding hydrogens is 320 g/mol. The predicted molar refractivity (Wildman–Crippen MR) is 92.5 cm³/mol. The van der Waals surface area contributed by atoms with Gasteiger partial charge < -0.3 is 14.6 Å². The fourth-order valence-corrected chi connectivity index (χ4v) is 5.33. The van der Waals surface area contributed by atoms with Gasteiger partial charge in [-0.15, -0.1) is 0 Å². The highest BCUT2D eigenvalue weighted by Gasteiger charge is 2.63. The van der Waals surface area contributed by atoms with E-state index >= 15 is 0 Å². The van der Waals surface area contributed by atoms with Crippen LogP contribution in [0.1, 0.15) is 53.4 Å². The molecule has 0 bridgehead atoms. The van der Waals surface area contributed by atoms with Gasteiger partial charge in [-0.3, -0.25) is 0 Å². The number of fused-ring (bicyclic) bond motifs is 2. The van der Waals surface area contributed by atoms with Crippen molar-refractivity contribution in [2.45, 2.75) is 71.2 Å². The van der Waals surface area contributed by atoms with Crippen LogP contribution >= 0.6 is 0 Å². The van der Waals surface area contributed by atoms with Crippen LogP contribution in [0, 0.1) is 17.3 Å². The minimum Gasteiger partial charge on any atom is -0.458 e. The molecule has 0 aromatic rings. The molecule has 0 radical (unpaired) electrons. The van der Waals surface area contributed by atoms with Gasteiger partial charge in [0.15, 0.2) is 0 Å². The molecule has 2 saturated carbocycles. The number of ether oxygens (including phenoxy) is 2. The maximum atomic E-state index is 12.4. The molecule has 25 heavy (non-hydrogen) atoms. The number of carbonyl (C=O) groups excluding carboxylic acids is 2. The average molecular weight is 348 g/mol. The molecule has 5 heteroatoms. The van der Waals surface area contributed by atoms with Gasteiger partial charge >= 0.3 is 11.9 Å². The highest BCUT2D eigenvalue weighted by atomic mass is 16.6. The first kappa shape index (κ1) is 18.2. The molecule has 0 spiro atoms. The van der Waals surface area contributed by atoms with Crippen molar-refractivity contribution in [1.82, 2.24) is 0 Å². The van der Waals surface area contributed by atoms with Crippen LogP contribution in [-0.4, -0.2) is 34.9 Å². The Hall–Kier alpha value is -1.62. The first-order chi connectivity index (χ1) is 11.5. The van der Waals surface area contributed by atoms with Gasteiger partial charge in [-0.1, -0.05) is 25.5 Å². The number of carbonyl (C=O) groups is 2. The van der Waals surface area contributed by atoms with E-state index in [2.05, 4.69) is 13.5 Å². The molecule has 2 aliphatic carbocycles. The van der Waals surface area contributed by atoms with Crippen molar-refractivity contribution in [3.05, 3.63) is 23.8 Å². The molecule has 1 heterocycles. The minimum atomic E-state index is -0.959. The molecule has 138 valence electrons. The fourth-order valence-electron chi connectivity index (χ4n) is 5.33. The van der Waals surface area contributed by atoms with Crippen LogP contribution in [0.15, 0.2) is 23.8 Å². The second-order valence-corrected chi connectivity index (χ2v) is 8.66. The number of esters is 2. The molecule has 1 N–H and O–H groups in total. The van der Waals surface area contributed by atoms with E-state index in [1.807, 2.05) is 20.8 Å². The number of hydrogen-bond donors (Lipinski definition) is 1. The molecule has 3 fully saturated rings. The molecule has 3 aliphatic rings. The van der Waals surface area contributed by atoms with Gasteiger partial charge in [0, 0.05) is 17.6 Å². The summed E-state index contributed by atoms with van der Waals surface area (Å²) in [5.41, 5.74) is -0.0136. The molecule has 6 atom stereocenters. The summed E-state index contributed by atoms with van der Waals surface area (Å²) in [4.78, 5) is 24.4. The summed E-state index contributed by atoms with van der Waals surface area (Å²) in [6.45, 7) is 11.5. The van der Waals surface area contributed by atoms with E-state index in [-0.39, 0.29) is 23.4 Å². The number of rotatable bonds is 2. The Balaban J connectivity index is 2.03. The summed E-state index contributed by atoms with van der Waals surface area (Å²) in [6, 6.07) is 0. The van der Waals surface area contributed by atoms with Gasteiger partial charge in [0.1, 0.15) is 12.2 Å². The molecular formula is C20H28O5. The van der Waals surface area contributed by atoms with Crippen molar-refractivity contribution >= 4 is 11.9 Å². The van der Waals surface area contributed by atoms with Crippen molar-refractivity contribution in [2.24, 2.45) is 17.3 Å². The summed E-state index contributed by atoms with van der Waals surface area (Å²) < 4.78 is 11.4. The number of allylic oxidation sites excluding steroid dienone is 1. The van der Waals surface area contributed by atoms with E-state index in [9.17, 15) is 14.7 Å². The second kappa shape index (κ2) is 5.97. The van der Waals surface area contributed by atoms with Crippen molar-refractivity contribution in [2.75, 3.05) is 0 Å². The van der Waals surface area contributed by atoms with Crippen molar-refractivity contribution < 1.29 is 24.2 Å². The third-order valence-corrected chi connectivity index (χ3v) is 6.18. The van der Waals surface area contributed by atoms with E-state index in [0.717, 1.165) is 18.4 Å². The van der Waals surface area contributed by atoms with Gasteiger partial charge in [0.2, 0.25) is 0 Å². The molecule has 0 aromatic heterocycles. The van der Waals surface area contributed by atoms with Gasteiger partial charge in [-0.2, -0.15) is 0 Å². The summed E-state index contributed by atoms with van der Waals surface area (Å²) in [5.74, 6) is -1.50. The smallest absolute Gasteiger partial charge is 0.334 e. The van der Waals surface area contributed by atoms with Crippen LogP contribution in [0.4, 0.5) is 0 Å². The fraction of sp³-hybridized carbons (Fsp3) is 0.700. The Bertz CT molecular complexity index is 642. The zero-order valence-corrected chi connectivity index (χ0v) is 15.5. The molecule has 0 aromatic carbocycles. The van der Waals surface area contributed by atoms with Crippen molar-refractivity contribution in [3.8, 4) is 0 Å². The lowest BCUT2D eigenvalue weighted by atomic mass is 9.51. The lowest BCUT2D eigenvalue weighted by Crippen LogP contribution is -2.61. The zero-order chi connectivity index (χ0) is 18.6. The highest BCUT2D eigenvalue weighted by Crippen LogP contribution is 2.59. The largest absolute Gasteiger partial charge is 0.458 e. The Morgan fingerprint density at radius 1 is 1.36 bits per heavy atom. The summed E-state index contributed by atoms with van der Waals surface area (Å²) in [5, 5.41) is 11.1. The lowest BCUT2D eigenvalue weighted by molar-refractivity contribution is -0.207. The normalized spacial score (nSPS) is 42.9. The Morgan fingerprint density at radius 3 is 2.68 bits per heavy atom. The van der Waals surface area contributed by atoms with E-state index in [0.29, 0.717) is 18.4 Å². The van der Waals surface area contributed by atoms with Crippen LogP contribution in [0.25, 0.3) is 0 Å². The quantitative estimate of drug-likeness (QED) is 0.613.